The van der Waals surface area contributed by atoms with Gasteiger partial charge in [-0.25, -0.2) is 0 Å². The van der Waals surface area contributed by atoms with E-state index in [4.69, 9.17) is 5.73 Å². The van der Waals surface area contributed by atoms with Crippen LogP contribution >= 0.6 is 0 Å². The smallest absolute Gasteiger partial charge is 0.0872 e. The average Bonchev–Trinajstić information content (AvgIpc) is 2.26. The van der Waals surface area contributed by atoms with E-state index in [0.717, 1.165) is 12.2 Å². The molecule has 1 aromatic rings. The highest BCUT2D eigenvalue weighted by Crippen LogP contribution is 2.20. The van der Waals surface area contributed by atoms with Gasteiger partial charge in [0.2, 0.25) is 0 Å². The third kappa shape index (κ3) is 1.83. The third-order valence-electron chi connectivity index (χ3n) is 2.15. The maximum absolute atomic E-state index is 5.39. The quantitative estimate of drug-likeness (QED) is 0.739. The van der Waals surface area contributed by atoms with Crippen molar-refractivity contribution in [2.45, 2.75) is 6.54 Å². The SMILES string of the molecule is NC/C=C/c1ccc2c(c1)CN=CN2. The van der Waals surface area contributed by atoms with E-state index in [2.05, 4.69) is 28.5 Å². The fourth-order valence-electron chi connectivity index (χ4n) is 1.45. The number of nitrogens with one attached hydrogen (secondary N) is 1. The summed E-state index contributed by atoms with van der Waals surface area (Å²) in [6, 6.07) is 6.26. The van der Waals surface area contributed by atoms with E-state index in [9.17, 15) is 0 Å². The maximum Gasteiger partial charge on any atom is 0.0872 e. The molecule has 14 heavy (non-hydrogen) atoms. The van der Waals surface area contributed by atoms with E-state index in [1.807, 2.05) is 12.2 Å². The number of nitrogens with zero attached hydrogens (tertiary/aromatic N) is 1. The van der Waals surface area contributed by atoms with Crippen LogP contribution < -0.4 is 11.1 Å². The van der Waals surface area contributed by atoms with Gasteiger partial charge in [0.1, 0.15) is 0 Å². The Balaban J connectivity index is 2.27. The van der Waals surface area contributed by atoms with E-state index >= 15 is 0 Å². The summed E-state index contributed by atoms with van der Waals surface area (Å²) in [5.74, 6) is 0. The minimum atomic E-state index is 0.577. The molecule has 0 bridgehead atoms. The zero-order valence-electron chi connectivity index (χ0n) is 7.90. The lowest BCUT2D eigenvalue weighted by molar-refractivity contribution is 1.06. The first-order valence-electron chi connectivity index (χ1n) is 4.64. The highest BCUT2D eigenvalue weighted by molar-refractivity contribution is 5.80. The molecule has 0 aromatic heterocycles. The van der Waals surface area contributed by atoms with Crippen LogP contribution in [0.3, 0.4) is 0 Å². The first-order valence-corrected chi connectivity index (χ1v) is 4.64. The highest BCUT2D eigenvalue weighted by Gasteiger charge is 2.04. The molecule has 0 fully saturated rings. The summed E-state index contributed by atoms with van der Waals surface area (Å²) in [5.41, 5.74) is 8.94. The van der Waals surface area contributed by atoms with Crippen molar-refractivity contribution in [1.29, 1.82) is 0 Å². The highest BCUT2D eigenvalue weighted by atomic mass is 15.0. The molecule has 1 aromatic carbocycles. The van der Waals surface area contributed by atoms with Gasteiger partial charge in [-0.1, -0.05) is 18.2 Å². The largest absolute Gasteiger partial charge is 0.346 e. The van der Waals surface area contributed by atoms with Gasteiger partial charge in [-0.05, 0) is 23.3 Å². The van der Waals surface area contributed by atoms with E-state index < -0.39 is 0 Å². The van der Waals surface area contributed by atoms with Gasteiger partial charge >= 0.3 is 0 Å². The monoisotopic (exact) mass is 187 g/mol. The number of nitrogens with two attached hydrogens (primary N) is 1. The first kappa shape index (κ1) is 8.97. The molecular weight excluding hydrogens is 174 g/mol. The van der Waals surface area contributed by atoms with Crippen molar-refractivity contribution in [3.8, 4) is 0 Å². The second kappa shape index (κ2) is 4.07. The van der Waals surface area contributed by atoms with E-state index in [-0.39, 0.29) is 0 Å². The average molecular weight is 187 g/mol. The zero-order valence-corrected chi connectivity index (χ0v) is 7.90. The molecule has 1 aliphatic heterocycles. The van der Waals surface area contributed by atoms with Crippen LogP contribution in [-0.2, 0) is 6.54 Å². The molecule has 3 heteroatoms. The third-order valence-corrected chi connectivity index (χ3v) is 2.15. The second-order valence-electron chi connectivity index (χ2n) is 3.17. The van der Waals surface area contributed by atoms with Crippen LogP contribution in [0.15, 0.2) is 29.3 Å². The Morgan fingerprint density at radius 1 is 1.50 bits per heavy atom. The summed E-state index contributed by atoms with van der Waals surface area (Å²) in [5, 5.41) is 3.11. The minimum absolute atomic E-state index is 0.577. The van der Waals surface area contributed by atoms with Gasteiger partial charge in [-0.3, -0.25) is 4.99 Å². The molecule has 0 spiro atoms. The molecule has 3 nitrogen and oxygen atoms in total. The van der Waals surface area contributed by atoms with Gasteiger partial charge in [-0.15, -0.1) is 0 Å². The lowest BCUT2D eigenvalue weighted by Crippen LogP contribution is -2.04. The Hall–Kier alpha value is -1.61. The number of fused-ring (bicyclic) bond motifs is 1. The topological polar surface area (TPSA) is 50.4 Å². The number of benzene rings is 1. The van der Waals surface area contributed by atoms with E-state index in [1.54, 1.807) is 6.34 Å². The van der Waals surface area contributed by atoms with E-state index in [0.29, 0.717) is 6.54 Å². The molecule has 0 saturated carbocycles. The van der Waals surface area contributed by atoms with Crippen LogP contribution in [0.5, 0.6) is 0 Å². The van der Waals surface area contributed by atoms with Crippen LogP contribution in [0.25, 0.3) is 6.08 Å². The summed E-state index contributed by atoms with van der Waals surface area (Å²) in [7, 11) is 0. The Morgan fingerprint density at radius 2 is 2.43 bits per heavy atom. The predicted octanol–water partition coefficient (Wildman–Crippen LogP) is 1.61. The molecule has 0 amide bonds. The Kier molecular flexibility index (Phi) is 2.60. The van der Waals surface area contributed by atoms with Crippen molar-refractivity contribution in [1.82, 2.24) is 0 Å². The molecule has 1 heterocycles. The molecule has 3 N–H and O–H groups in total. The Morgan fingerprint density at radius 3 is 3.29 bits per heavy atom. The summed E-state index contributed by atoms with van der Waals surface area (Å²) < 4.78 is 0. The molecule has 0 saturated heterocycles. The standard InChI is InChI=1S/C11H13N3/c12-5-1-2-9-3-4-11-10(6-9)7-13-8-14-11/h1-4,6,8H,5,7,12H2,(H,13,14)/b2-1+. The van der Waals surface area contributed by atoms with Crippen LogP contribution in [0, 0.1) is 0 Å². The van der Waals surface area contributed by atoms with Crippen molar-refractivity contribution in [3.63, 3.8) is 0 Å². The first-order chi connectivity index (χ1) is 6.90. The summed E-state index contributed by atoms with van der Waals surface area (Å²) >= 11 is 0. The van der Waals surface area contributed by atoms with E-state index in [1.165, 1.54) is 11.1 Å². The van der Waals surface area contributed by atoms with Crippen molar-refractivity contribution in [2.75, 3.05) is 11.9 Å². The van der Waals surface area contributed by atoms with Gasteiger partial charge < -0.3 is 11.1 Å². The van der Waals surface area contributed by atoms with Gasteiger partial charge in [-0.2, -0.15) is 0 Å². The zero-order chi connectivity index (χ0) is 9.80. The summed E-state index contributed by atoms with van der Waals surface area (Å²) in [6.45, 7) is 1.33. The molecule has 1 aliphatic rings. The number of rotatable bonds is 2. The fourth-order valence-corrected chi connectivity index (χ4v) is 1.45. The number of anilines is 1. The maximum atomic E-state index is 5.39. The molecule has 0 aliphatic carbocycles. The minimum Gasteiger partial charge on any atom is -0.346 e. The molecular formula is C11H13N3. The van der Waals surface area contributed by atoms with Gasteiger partial charge in [0.15, 0.2) is 0 Å². The fraction of sp³-hybridized carbons (Fsp3) is 0.182. The Bertz CT molecular complexity index is 380. The van der Waals surface area contributed by atoms with Gasteiger partial charge in [0, 0.05) is 12.2 Å². The second-order valence-corrected chi connectivity index (χ2v) is 3.17. The van der Waals surface area contributed by atoms with Crippen molar-refractivity contribution in [2.24, 2.45) is 10.7 Å². The van der Waals surface area contributed by atoms with Gasteiger partial charge in [0.25, 0.3) is 0 Å². The van der Waals surface area contributed by atoms with Crippen LogP contribution in [0.1, 0.15) is 11.1 Å². The summed E-state index contributed by atoms with van der Waals surface area (Å²) in [6.07, 6.45) is 5.71. The van der Waals surface area contributed by atoms with Crippen molar-refractivity contribution >= 4 is 18.1 Å². The summed E-state index contributed by atoms with van der Waals surface area (Å²) in [4.78, 5) is 4.15. The molecule has 72 valence electrons. The molecule has 2 rings (SSSR count). The number of hydrogen-bond donors (Lipinski definition) is 2. The van der Waals surface area contributed by atoms with Crippen LogP contribution in [0.4, 0.5) is 5.69 Å². The van der Waals surface area contributed by atoms with Crippen molar-refractivity contribution < 1.29 is 0 Å². The number of aliphatic imine (C=N–C) groups is 1. The molecule has 0 unspecified atom stereocenters. The van der Waals surface area contributed by atoms with Gasteiger partial charge in [0.05, 0.1) is 12.9 Å². The van der Waals surface area contributed by atoms with Crippen molar-refractivity contribution in [3.05, 3.63) is 35.4 Å². The lowest BCUT2D eigenvalue weighted by atomic mass is 10.1. The molecule has 0 atom stereocenters. The normalized spacial score (nSPS) is 14.1. The van der Waals surface area contributed by atoms with Crippen LogP contribution in [-0.4, -0.2) is 12.9 Å². The lowest BCUT2D eigenvalue weighted by Gasteiger charge is -2.12. The number of hydrogen-bond acceptors (Lipinski definition) is 3. The molecule has 0 radical (unpaired) electrons. The Labute approximate surface area is 83.3 Å². The predicted molar refractivity (Wildman–Crippen MR) is 60.3 cm³/mol. The van der Waals surface area contributed by atoms with Crippen LogP contribution in [0.2, 0.25) is 0 Å².